The first-order valence-corrected chi connectivity index (χ1v) is 8.78. The van der Waals surface area contributed by atoms with Crippen molar-refractivity contribution in [3.8, 4) is 0 Å². The number of halogens is 1. The number of rotatable bonds is 3. The Morgan fingerprint density at radius 3 is 2.77 bits per heavy atom. The van der Waals surface area contributed by atoms with Crippen LogP contribution in [0.25, 0.3) is 0 Å². The molecule has 0 bridgehead atoms. The molecule has 3 rings (SSSR count). The van der Waals surface area contributed by atoms with Gasteiger partial charge in [0.25, 0.3) is 0 Å². The molecule has 1 atom stereocenters. The summed E-state index contributed by atoms with van der Waals surface area (Å²) in [5, 5.41) is 3.30. The number of carbonyl (C=O) groups excluding carboxylic acids is 1. The number of hydrogen-bond donors (Lipinski definition) is 2. The van der Waals surface area contributed by atoms with Crippen LogP contribution >= 0.6 is 24.2 Å². The van der Waals surface area contributed by atoms with Gasteiger partial charge in [-0.15, -0.1) is 24.2 Å². The fourth-order valence-corrected chi connectivity index (χ4v) is 4.65. The van der Waals surface area contributed by atoms with Crippen LogP contribution in [0.15, 0.2) is 23.1 Å². The van der Waals surface area contributed by atoms with E-state index in [1.54, 1.807) is 11.8 Å². The van der Waals surface area contributed by atoms with Crippen molar-refractivity contribution >= 4 is 30.1 Å². The monoisotopic (exact) mass is 340 g/mol. The van der Waals surface area contributed by atoms with E-state index in [1.807, 2.05) is 0 Å². The van der Waals surface area contributed by atoms with Crippen LogP contribution in [0.3, 0.4) is 0 Å². The molecule has 0 spiro atoms. The molecule has 1 aromatic carbocycles. The Balaban J connectivity index is 0.00000176. The second-order valence-electron chi connectivity index (χ2n) is 6.46. The van der Waals surface area contributed by atoms with Crippen LogP contribution in [0.4, 0.5) is 0 Å². The van der Waals surface area contributed by atoms with Gasteiger partial charge in [-0.25, -0.2) is 0 Å². The van der Waals surface area contributed by atoms with Crippen LogP contribution in [-0.4, -0.2) is 23.2 Å². The maximum Gasteiger partial charge on any atom is 0.234 e. The topological polar surface area (TPSA) is 55.1 Å². The first-order chi connectivity index (χ1) is 10.1. The summed E-state index contributed by atoms with van der Waals surface area (Å²) in [5.74, 6) is 0.168. The number of benzene rings is 1. The van der Waals surface area contributed by atoms with Crippen LogP contribution in [0.1, 0.15) is 43.2 Å². The summed E-state index contributed by atoms with van der Waals surface area (Å²) in [7, 11) is 0. The minimum Gasteiger partial charge on any atom is -0.348 e. The molecular formula is C17H25ClN2OS. The van der Waals surface area contributed by atoms with Crippen LogP contribution in [0.2, 0.25) is 0 Å². The molecule has 1 unspecified atom stereocenters. The van der Waals surface area contributed by atoms with E-state index >= 15 is 0 Å². The predicted molar refractivity (Wildman–Crippen MR) is 94.8 cm³/mol. The molecule has 1 aromatic rings. The maximum atomic E-state index is 12.6. The van der Waals surface area contributed by atoms with Crippen LogP contribution < -0.4 is 11.1 Å². The molecule has 1 fully saturated rings. The number of hydrogen-bond acceptors (Lipinski definition) is 3. The van der Waals surface area contributed by atoms with E-state index in [0.717, 1.165) is 19.3 Å². The molecule has 1 saturated carbocycles. The highest BCUT2D eigenvalue weighted by Crippen LogP contribution is 2.38. The molecule has 1 heterocycles. The van der Waals surface area contributed by atoms with Gasteiger partial charge in [0.15, 0.2) is 0 Å². The SMILES string of the molecule is Cc1ccc2c(c1)CC(C(=O)NC1(CN)CCCCC1)S2.Cl. The minimum atomic E-state index is -0.152. The summed E-state index contributed by atoms with van der Waals surface area (Å²) in [4.78, 5) is 13.9. The Hall–Kier alpha value is -0.710. The number of amides is 1. The van der Waals surface area contributed by atoms with Gasteiger partial charge in [0, 0.05) is 11.4 Å². The van der Waals surface area contributed by atoms with E-state index in [4.69, 9.17) is 5.73 Å². The number of carbonyl (C=O) groups is 1. The van der Waals surface area contributed by atoms with Gasteiger partial charge in [-0.2, -0.15) is 0 Å². The lowest BCUT2D eigenvalue weighted by molar-refractivity contribution is -0.122. The molecule has 0 saturated heterocycles. The summed E-state index contributed by atoms with van der Waals surface area (Å²) in [6, 6.07) is 6.46. The number of nitrogens with two attached hydrogens (primary N) is 1. The summed E-state index contributed by atoms with van der Waals surface area (Å²) >= 11 is 1.70. The van der Waals surface area contributed by atoms with E-state index in [9.17, 15) is 4.79 Å². The number of fused-ring (bicyclic) bond motifs is 1. The van der Waals surface area contributed by atoms with Crippen molar-refractivity contribution in [1.29, 1.82) is 0 Å². The van der Waals surface area contributed by atoms with E-state index in [1.165, 1.54) is 35.3 Å². The van der Waals surface area contributed by atoms with Gasteiger partial charge >= 0.3 is 0 Å². The zero-order valence-electron chi connectivity index (χ0n) is 13.1. The van der Waals surface area contributed by atoms with Gasteiger partial charge in [0.1, 0.15) is 0 Å². The van der Waals surface area contributed by atoms with Crippen LogP contribution in [-0.2, 0) is 11.2 Å². The summed E-state index contributed by atoms with van der Waals surface area (Å²) in [6.45, 7) is 2.66. The molecule has 1 aliphatic heterocycles. The number of aryl methyl sites for hydroxylation is 1. The third kappa shape index (κ3) is 3.61. The Morgan fingerprint density at radius 2 is 2.09 bits per heavy atom. The normalized spacial score (nSPS) is 22.5. The zero-order valence-corrected chi connectivity index (χ0v) is 14.7. The molecule has 1 aliphatic carbocycles. The van der Waals surface area contributed by atoms with E-state index < -0.39 is 0 Å². The number of nitrogens with one attached hydrogen (secondary N) is 1. The lowest BCUT2D eigenvalue weighted by Gasteiger charge is -2.37. The smallest absolute Gasteiger partial charge is 0.234 e. The molecular weight excluding hydrogens is 316 g/mol. The van der Waals surface area contributed by atoms with Crippen molar-refractivity contribution in [1.82, 2.24) is 5.32 Å². The van der Waals surface area contributed by atoms with Crippen molar-refractivity contribution in [3.05, 3.63) is 29.3 Å². The zero-order chi connectivity index (χ0) is 14.9. The van der Waals surface area contributed by atoms with E-state index in [2.05, 4.69) is 30.4 Å². The maximum absolute atomic E-state index is 12.6. The van der Waals surface area contributed by atoms with Crippen molar-refractivity contribution in [2.75, 3.05) is 6.54 Å². The average Bonchev–Trinajstić information content (AvgIpc) is 2.91. The molecule has 3 N–H and O–H groups in total. The van der Waals surface area contributed by atoms with Crippen LogP contribution in [0.5, 0.6) is 0 Å². The molecule has 2 aliphatic rings. The van der Waals surface area contributed by atoms with Gasteiger partial charge in [0.05, 0.1) is 10.8 Å². The van der Waals surface area contributed by atoms with Gasteiger partial charge in [0.2, 0.25) is 5.91 Å². The summed E-state index contributed by atoms with van der Waals surface area (Å²) < 4.78 is 0. The predicted octanol–water partition coefficient (Wildman–Crippen LogP) is 3.21. The highest BCUT2D eigenvalue weighted by atomic mass is 35.5. The Kier molecular flexibility index (Phi) is 5.81. The van der Waals surface area contributed by atoms with Crippen molar-refractivity contribution in [3.63, 3.8) is 0 Å². The molecule has 3 nitrogen and oxygen atoms in total. The van der Waals surface area contributed by atoms with Gasteiger partial charge in [-0.05, 0) is 37.8 Å². The minimum absolute atomic E-state index is 0. The number of thioether (sulfide) groups is 1. The third-order valence-corrected chi connectivity index (χ3v) is 6.09. The van der Waals surface area contributed by atoms with Gasteiger partial charge in [-0.3, -0.25) is 4.79 Å². The fraction of sp³-hybridized carbons (Fsp3) is 0.588. The highest BCUT2D eigenvalue weighted by molar-refractivity contribution is 8.01. The Bertz CT molecular complexity index is 543. The molecule has 0 aromatic heterocycles. The standard InChI is InChI=1S/C17H24N2OS.ClH/c1-12-5-6-14-13(9-12)10-15(21-14)16(20)19-17(11-18)7-3-2-4-8-17;/h5-6,9,15H,2-4,7-8,10-11,18H2,1H3,(H,19,20);1H. The first kappa shape index (κ1) is 17.6. The third-order valence-electron chi connectivity index (χ3n) is 4.77. The lowest BCUT2D eigenvalue weighted by atomic mass is 9.81. The summed E-state index contributed by atoms with van der Waals surface area (Å²) in [6.07, 6.45) is 6.51. The first-order valence-electron chi connectivity index (χ1n) is 7.90. The molecule has 22 heavy (non-hydrogen) atoms. The Morgan fingerprint density at radius 1 is 1.36 bits per heavy atom. The fourth-order valence-electron chi connectivity index (χ4n) is 3.47. The second kappa shape index (κ2) is 7.24. The molecule has 0 radical (unpaired) electrons. The average molecular weight is 341 g/mol. The van der Waals surface area contributed by atoms with Gasteiger partial charge in [-0.1, -0.05) is 37.0 Å². The molecule has 5 heteroatoms. The van der Waals surface area contributed by atoms with E-state index in [-0.39, 0.29) is 29.1 Å². The molecule has 1 amide bonds. The van der Waals surface area contributed by atoms with Gasteiger partial charge < -0.3 is 11.1 Å². The van der Waals surface area contributed by atoms with Crippen molar-refractivity contribution < 1.29 is 4.79 Å². The second-order valence-corrected chi connectivity index (χ2v) is 7.70. The van der Waals surface area contributed by atoms with Crippen LogP contribution in [0, 0.1) is 6.92 Å². The summed E-state index contributed by atoms with van der Waals surface area (Å²) in [5.41, 5.74) is 8.39. The molecule has 122 valence electrons. The lowest BCUT2D eigenvalue weighted by Crippen LogP contribution is -2.56. The van der Waals surface area contributed by atoms with Crippen molar-refractivity contribution in [2.45, 2.75) is 61.1 Å². The highest BCUT2D eigenvalue weighted by Gasteiger charge is 2.36. The quantitative estimate of drug-likeness (QED) is 0.888. The van der Waals surface area contributed by atoms with Crippen molar-refractivity contribution in [2.24, 2.45) is 5.73 Å². The Labute approximate surface area is 143 Å². The largest absolute Gasteiger partial charge is 0.348 e. The van der Waals surface area contributed by atoms with E-state index in [0.29, 0.717) is 6.54 Å².